The molecule has 3 rings (SSSR count). The van der Waals surface area contributed by atoms with E-state index in [0.29, 0.717) is 24.4 Å². The van der Waals surface area contributed by atoms with Crippen LogP contribution in [0.3, 0.4) is 0 Å². The van der Waals surface area contributed by atoms with Crippen molar-refractivity contribution >= 4 is 5.91 Å². The minimum absolute atomic E-state index is 0.321. The third-order valence-corrected chi connectivity index (χ3v) is 3.74. The Morgan fingerprint density at radius 2 is 2.39 bits per heavy atom. The minimum Gasteiger partial charge on any atom is -0.350 e. The van der Waals surface area contributed by atoms with Crippen molar-refractivity contribution in [2.75, 3.05) is 6.61 Å². The van der Waals surface area contributed by atoms with Gasteiger partial charge in [-0.15, -0.1) is 0 Å². The molecule has 0 radical (unpaired) electrons. The maximum absolute atomic E-state index is 12.3. The SMILES string of the molecule is CCc1c(C(=O)NO[C@@H]2CCCCO2)cnn1-c1ccccn1. The normalized spacial score (nSPS) is 17.9. The van der Waals surface area contributed by atoms with Crippen molar-refractivity contribution < 1.29 is 14.4 Å². The molecule has 0 aliphatic carbocycles. The molecule has 1 atom stereocenters. The smallest absolute Gasteiger partial charge is 0.278 e. The third-order valence-electron chi connectivity index (χ3n) is 3.74. The molecule has 1 amide bonds. The Morgan fingerprint density at radius 1 is 1.48 bits per heavy atom. The van der Waals surface area contributed by atoms with Gasteiger partial charge in [-0.05, 0) is 31.4 Å². The highest BCUT2D eigenvalue weighted by Gasteiger charge is 2.20. The van der Waals surface area contributed by atoms with Gasteiger partial charge in [0.25, 0.3) is 5.91 Å². The van der Waals surface area contributed by atoms with Crippen molar-refractivity contribution in [2.24, 2.45) is 0 Å². The Hall–Kier alpha value is -2.25. The summed E-state index contributed by atoms with van der Waals surface area (Å²) in [6.45, 7) is 2.64. The molecule has 2 aromatic heterocycles. The monoisotopic (exact) mass is 316 g/mol. The number of aromatic nitrogens is 3. The molecule has 122 valence electrons. The lowest BCUT2D eigenvalue weighted by Crippen LogP contribution is -2.33. The molecule has 23 heavy (non-hydrogen) atoms. The standard InChI is InChI=1S/C16H20N4O3/c1-2-13-12(11-18-20(13)14-7-3-5-9-17-14)16(21)19-23-15-8-4-6-10-22-15/h3,5,7,9,11,15H,2,4,6,8,10H2,1H3,(H,19,21)/t15-/m1/s1. The fourth-order valence-corrected chi connectivity index (χ4v) is 2.56. The van der Waals surface area contributed by atoms with Crippen LogP contribution in [0.4, 0.5) is 0 Å². The number of rotatable bonds is 5. The van der Waals surface area contributed by atoms with E-state index in [1.807, 2.05) is 25.1 Å². The number of hydrogen-bond donors (Lipinski definition) is 1. The Morgan fingerprint density at radius 3 is 3.09 bits per heavy atom. The van der Waals surface area contributed by atoms with Gasteiger partial charge in [-0.2, -0.15) is 5.10 Å². The lowest BCUT2D eigenvalue weighted by atomic mass is 10.2. The molecule has 1 aliphatic heterocycles. The number of hydrogen-bond acceptors (Lipinski definition) is 5. The molecule has 3 heterocycles. The number of nitrogens with zero attached hydrogens (tertiary/aromatic N) is 3. The fourth-order valence-electron chi connectivity index (χ4n) is 2.56. The Labute approximate surface area is 134 Å². The molecule has 1 fully saturated rings. The molecule has 0 aromatic carbocycles. The minimum atomic E-state index is -0.372. The molecule has 0 unspecified atom stereocenters. The quantitative estimate of drug-likeness (QED) is 0.854. The van der Waals surface area contributed by atoms with E-state index in [4.69, 9.17) is 9.57 Å². The maximum atomic E-state index is 12.3. The second-order valence-corrected chi connectivity index (χ2v) is 5.30. The molecule has 0 saturated carbocycles. The van der Waals surface area contributed by atoms with Gasteiger partial charge in [-0.3, -0.25) is 4.79 Å². The summed E-state index contributed by atoms with van der Waals surface area (Å²) < 4.78 is 7.10. The Bertz CT molecular complexity index is 651. The number of pyridine rings is 1. The molecular weight excluding hydrogens is 296 g/mol. The van der Waals surface area contributed by atoms with E-state index in [0.717, 1.165) is 25.0 Å². The molecular formula is C16H20N4O3. The van der Waals surface area contributed by atoms with Crippen LogP contribution in [-0.4, -0.2) is 33.6 Å². The van der Waals surface area contributed by atoms with Gasteiger partial charge in [0, 0.05) is 19.2 Å². The molecule has 1 N–H and O–H groups in total. The van der Waals surface area contributed by atoms with Crippen molar-refractivity contribution in [3.8, 4) is 5.82 Å². The summed E-state index contributed by atoms with van der Waals surface area (Å²) in [5, 5.41) is 4.28. The van der Waals surface area contributed by atoms with Crippen molar-refractivity contribution in [2.45, 2.75) is 38.9 Å². The van der Waals surface area contributed by atoms with Gasteiger partial charge in [0.2, 0.25) is 0 Å². The number of carbonyl (C=O) groups excluding carboxylic acids is 1. The zero-order chi connectivity index (χ0) is 16.1. The first-order chi connectivity index (χ1) is 11.3. The first-order valence-corrected chi connectivity index (χ1v) is 7.85. The lowest BCUT2D eigenvalue weighted by Gasteiger charge is -2.22. The highest BCUT2D eigenvalue weighted by atomic mass is 16.8. The van der Waals surface area contributed by atoms with Crippen molar-refractivity contribution in [1.29, 1.82) is 0 Å². The predicted octanol–water partition coefficient (Wildman–Crippen LogP) is 2.02. The second-order valence-electron chi connectivity index (χ2n) is 5.30. The van der Waals surface area contributed by atoms with E-state index in [1.165, 1.54) is 6.20 Å². The van der Waals surface area contributed by atoms with Crippen LogP contribution in [-0.2, 0) is 16.0 Å². The summed E-state index contributed by atoms with van der Waals surface area (Å²) in [6, 6.07) is 5.57. The van der Waals surface area contributed by atoms with Crippen molar-refractivity contribution in [3.05, 3.63) is 41.9 Å². The first kappa shape index (κ1) is 15.6. The van der Waals surface area contributed by atoms with E-state index in [9.17, 15) is 4.79 Å². The first-order valence-electron chi connectivity index (χ1n) is 7.85. The zero-order valence-corrected chi connectivity index (χ0v) is 13.1. The number of hydroxylamine groups is 1. The van der Waals surface area contributed by atoms with Crippen LogP contribution < -0.4 is 5.48 Å². The zero-order valence-electron chi connectivity index (χ0n) is 13.1. The van der Waals surface area contributed by atoms with Crippen LogP contribution in [0.15, 0.2) is 30.6 Å². The summed E-state index contributed by atoms with van der Waals surface area (Å²) in [4.78, 5) is 22.0. The maximum Gasteiger partial charge on any atom is 0.278 e. The number of amides is 1. The van der Waals surface area contributed by atoms with E-state index in [2.05, 4.69) is 15.6 Å². The highest BCUT2D eigenvalue weighted by Crippen LogP contribution is 2.16. The molecule has 1 aliphatic rings. The predicted molar refractivity (Wildman–Crippen MR) is 82.9 cm³/mol. The van der Waals surface area contributed by atoms with Crippen LogP contribution in [0.1, 0.15) is 42.2 Å². The molecule has 7 nitrogen and oxygen atoms in total. The van der Waals surface area contributed by atoms with Gasteiger partial charge in [-0.25, -0.2) is 20.0 Å². The van der Waals surface area contributed by atoms with Crippen molar-refractivity contribution in [1.82, 2.24) is 20.2 Å². The van der Waals surface area contributed by atoms with Gasteiger partial charge >= 0.3 is 0 Å². The molecule has 0 spiro atoms. The van der Waals surface area contributed by atoms with Crippen LogP contribution >= 0.6 is 0 Å². The topological polar surface area (TPSA) is 78.3 Å². The number of ether oxygens (including phenoxy) is 1. The van der Waals surface area contributed by atoms with Gasteiger partial charge in [0.15, 0.2) is 12.1 Å². The molecule has 1 saturated heterocycles. The van der Waals surface area contributed by atoms with E-state index < -0.39 is 0 Å². The summed E-state index contributed by atoms with van der Waals surface area (Å²) in [7, 11) is 0. The van der Waals surface area contributed by atoms with Crippen LogP contribution in [0.2, 0.25) is 0 Å². The average Bonchev–Trinajstić information content (AvgIpc) is 3.05. The van der Waals surface area contributed by atoms with Crippen LogP contribution in [0.5, 0.6) is 0 Å². The summed E-state index contributed by atoms with van der Waals surface area (Å²) in [6.07, 6.45) is 6.37. The molecule has 7 heteroatoms. The van der Waals surface area contributed by atoms with Gasteiger partial charge < -0.3 is 4.74 Å². The van der Waals surface area contributed by atoms with E-state index in [1.54, 1.807) is 10.9 Å². The Kier molecular flexibility index (Phi) is 4.99. The van der Waals surface area contributed by atoms with Gasteiger partial charge in [0.1, 0.15) is 0 Å². The Balaban J connectivity index is 1.72. The van der Waals surface area contributed by atoms with Crippen LogP contribution in [0.25, 0.3) is 5.82 Å². The highest BCUT2D eigenvalue weighted by molar-refractivity contribution is 5.94. The molecule has 2 aromatic rings. The largest absolute Gasteiger partial charge is 0.350 e. The number of nitrogens with one attached hydrogen (secondary N) is 1. The summed E-state index contributed by atoms with van der Waals surface area (Å²) in [5.74, 6) is 0.359. The van der Waals surface area contributed by atoms with E-state index in [-0.39, 0.29) is 12.2 Å². The average molecular weight is 316 g/mol. The van der Waals surface area contributed by atoms with Crippen LogP contribution in [0, 0.1) is 0 Å². The molecule has 0 bridgehead atoms. The summed E-state index contributed by atoms with van der Waals surface area (Å²) in [5.41, 5.74) is 3.74. The van der Waals surface area contributed by atoms with E-state index >= 15 is 0 Å². The fraction of sp³-hybridized carbons (Fsp3) is 0.438. The lowest BCUT2D eigenvalue weighted by molar-refractivity contribution is -0.186. The third kappa shape index (κ3) is 3.57. The van der Waals surface area contributed by atoms with Gasteiger partial charge in [0.05, 0.1) is 17.5 Å². The number of carbonyl (C=O) groups is 1. The van der Waals surface area contributed by atoms with Gasteiger partial charge in [-0.1, -0.05) is 13.0 Å². The van der Waals surface area contributed by atoms with Crippen molar-refractivity contribution in [3.63, 3.8) is 0 Å². The summed E-state index contributed by atoms with van der Waals surface area (Å²) >= 11 is 0. The second kappa shape index (κ2) is 7.34.